The third-order valence-corrected chi connectivity index (χ3v) is 1.76. The van der Waals surface area contributed by atoms with Crippen LogP contribution in [0.5, 0.6) is 5.75 Å². The Bertz CT molecular complexity index is 345. The average molecular weight is 201 g/mol. The minimum atomic E-state index is -0.957. The highest BCUT2D eigenvalue weighted by atomic mass is 19.1. The van der Waals surface area contributed by atoms with Crippen molar-refractivity contribution in [1.82, 2.24) is 0 Å². The van der Waals surface area contributed by atoms with Crippen LogP contribution in [0.4, 0.5) is 8.78 Å². The second-order valence-electron chi connectivity index (χ2n) is 4.06. The van der Waals surface area contributed by atoms with Crippen molar-refractivity contribution in [3.8, 4) is 5.75 Å². The van der Waals surface area contributed by atoms with E-state index in [9.17, 15) is 8.78 Å². The summed E-state index contributed by atoms with van der Waals surface area (Å²) in [6, 6.07) is 1.73. The Morgan fingerprint density at radius 3 is 2.36 bits per heavy atom. The summed E-state index contributed by atoms with van der Waals surface area (Å²) in [5.74, 6) is -2.19. The van der Waals surface area contributed by atoms with Crippen LogP contribution in [0.1, 0.15) is 19.4 Å². The molecule has 78 valence electrons. The first-order valence-electron chi connectivity index (χ1n) is 4.25. The highest BCUT2D eigenvalue weighted by Gasteiger charge is 2.16. The predicted octanol–water partition coefficient (Wildman–Crippen LogP) is 1.95. The zero-order chi connectivity index (χ0) is 10.9. The van der Waals surface area contributed by atoms with Crippen molar-refractivity contribution in [3.63, 3.8) is 0 Å². The van der Waals surface area contributed by atoms with Crippen molar-refractivity contribution < 1.29 is 13.9 Å². The molecule has 0 saturated carbocycles. The molecule has 0 saturated heterocycles. The van der Waals surface area contributed by atoms with Crippen LogP contribution in [-0.2, 0) is 6.42 Å². The third-order valence-electron chi connectivity index (χ3n) is 1.76. The Morgan fingerprint density at radius 2 is 1.86 bits per heavy atom. The minimum Gasteiger partial charge on any atom is -0.505 e. The van der Waals surface area contributed by atoms with Crippen molar-refractivity contribution in [2.75, 3.05) is 0 Å². The maximum atomic E-state index is 13.2. The van der Waals surface area contributed by atoms with Gasteiger partial charge in [0.05, 0.1) is 0 Å². The van der Waals surface area contributed by atoms with Crippen LogP contribution in [-0.4, -0.2) is 10.6 Å². The van der Waals surface area contributed by atoms with E-state index in [-0.39, 0.29) is 12.0 Å². The molecular formula is C10H13F2NO. The number of phenols is 1. The van der Waals surface area contributed by atoms with Crippen molar-refractivity contribution in [2.24, 2.45) is 5.73 Å². The molecule has 0 spiro atoms. The first-order valence-corrected chi connectivity index (χ1v) is 4.25. The van der Waals surface area contributed by atoms with Crippen molar-refractivity contribution in [3.05, 3.63) is 29.3 Å². The lowest BCUT2D eigenvalue weighted by molar-refractivity contribution is 0.422. The Morgan fingerprint density at radius 1 is 1.29 bits per heavy atom. The van der Waals surface area contributed by atoms with Crippen LogP contribution in [0.15, 0.2) is 12.1 Å². The van der Waals surface area contributed by atoms with Crippen LogP contribution >= 0.6 is 0 Å². The normalized spacial score (nSPS) is 11.8. The number of hydrogen-bond donors (Lipinski definition) is 2. The summed E-state index contributed by atoms with van der Waals surface area (Å²) in [6.07, 6.45) is 0.243. The number of halogens is 2. The lowest BCUT2D eigenvalue weighted by atomic mass is 9.96. The highest BCUT2D eigenvalue weighted by Crippen LogP contribution is 2.22. The molecule has 0 heterocycles. The van der Waals surface area contributed by atoms with Gasteiger partial charge in [0.15, 0.2) is 11.6 Å². The van der Waals surface area contributed by atoms with Crippen LogP contribution < -0.4 is 5.73 Å². The highest BCUT2D eigenvalue weighted by molar-refractivity contribution is 5.31. The van der Waals surface area contributed by atoms with Gasteiger partial charge in [0, 0.05) is 11.6 Å². The largest absolute Gasteiger partial charge is 0.505 e. The topological polar surface area (TPSA) is 46.2 Å². The number of nitrogens with two attached hydrogens (primary N) is 1. The number of phenolic OH excluding ortho intramolecular Hbond substituents is 1. The van der Waals surface area contributed by atoms with Gasteiger partial charge in [-0.2, -0.15) is 0 Å². The molecule has 0 unspecified atom stereocenters. The van der Waals surface area contributed by atoms with E-state index in [4.69, 9.17) is 10.8 Å². The lowest BCUT2D eigenvalue weighted by Gasteiger charge is -2.18. The van der Waals surface area contributed by atoms with Crippen molar-refractivity contribution in [1.29, 1.82) is 0 Å². The van der Waals surface area contributed by atoms with E-state index in [2.05, 4.69) is 0 Å². The molecule has 14 heavy (non-hydrogen) atoms. The predicted molar refractivity (Wildman–Crippen MR) is 50.0 cm³/mol. The maximum Gasteiger partial charge on any atom is 0.167 e. The van der Waals surface area contributed by atoms with E-state index in [0.717, 1.165) is 6.07 Å². The van der Waals surface area contributed by atoms with Crippen molar-refractivity contribution in [2.45, 2.75) is 25.8 Å². The quantitative estimate of drug-likeness (QED) is 0.768. The molecule has 1 rings (SSSR count). The molecule has 0 atom stereocenters. The molecule has 0 aromatic heterocycles. The Labute approximate surface area is 81.4 Å². The molecule has 0 aliphatic carbocycles. The van der Waals surface area contributed by atoms with Gasteiger partial charge >= 0.3 is 0 Å². The molecule has 2 nitrogen and oxygen atoms in total. The van der Waals surface area contributed by atoms with Crippen LogP contribution in [0.25, 0.3) is 0 Å². The van der Waals surface area contributed by atoms with Crippen LogP contribution in [0, 0.1) is 11.6 Å². The van der Waals surface area contributed by atoms with Gasteiger partial charge in [0.1, 0.15) is 5.82 Å². The lowest BCUT2D eigenvalue weighted by Crippen LogP contribution is -2.34. The molecule has 1 aromatic carbocycles. The zero-order valence-electron chi connectivity index (χ0n) is 8.14. The Balaban J connectivity index is 3.04. The van der Waals surface area contributed by atoms with Gasteiger partial charge in [-0.15, -0.1) is 0 Å². The number of hydrogen-bond acceptors (Lipinski definition) is 2. The molecule has 0 bridgehead atoms. The molecule has 0 radical (unpaired) electrons. The summed E-state index contributed by atoms with van der Waals surface area (Å²) >= 11 is 0. The standard InChI is InChI=1S/C10H13F2NO/c1-10(2,13)5-6-3-9(14)8(12)4-7(6)11/h3-4,14H,5,13H2,1-2H3. The first-order chi connectivity index (χ1) is 6.29. The summed E-state index contributed by atoms with van der Waals surface area (Å²) in [7, 11) is 0. The second-order valence-corrected chi connectivity index (χ2v) is 4.06. The van der Waals surface area contributed by atoms with Crippen molar-refractivity contribution >= 4 is 0 Å². The number of benzene rings is 1. The van der Waals surface area contributed by atoms with E-state index >= 15 is 0 Å². The Hall–Kier alpha value is -1.16. The van der Waals surface area contributed by atoms with Crippen LogP contribution in [0.2, 0.25) is 0 Å². The zero-order valence-corrected chi connectivity index (χ0v) is 8.14. The molecule has 4 heteroatoms. The molecule has 0 amide bonds. The molecule has 0 fully saturated rings. The Kier molecular flexibility index (Phi) is 2.76. The fraction of sp³-hybridized carbons (Fsp3) is 0.400. The summed E-state index contributed by atoms with van der Waals surface area (Å²) in [5, 5.41) is 9.04. The summed E-state index contributed by atoms with van der Waals surface area (Å²) in [5.41, 5.74) is 5.31. The summed E-state index contributed by atoms with van der Waals surface area (Å²) < 4.78 is 25.8. The number of aromatic hydroxyl groups is 1. The van der Waals surface area contributed by atoms with Gasteiger partial charge < -0.3 is 10.8 Å². The summed E-state index contributed by atoms with van der Waals surface area (Å²) in [6.45, 7) is 3.46. The molecular weight excluding hydrogens is 188 g/mol. The van der Waals surface area contributed by atoms with Gasteiger partial charge in [0.25, 0.3) is 0 Å². The van der Waals surface area contributed by atoms with E-state index in [1.807, 2.05) is 0 Å². The van der Waals surface area contributed by atoms with E-state index in [1.54, 1.807) is 13.8 Å². The van der Waals surface area contributed by atoms with E-state index in [0.29, 0.717) is 6.07 Å². The van der Waals surface area contributed by atoms with Gasteiger partial charge in [-0.25, -0.2) is 8.78 Å². The smallest absolute Gasteiger partial charge is 0.167 e. The maximum absolute atomic E-state index is 13.2. The molecule has 0 aliphatic heterocycles. The third kappa shape index (κ3) is 2.67. The fourth-order valence-corrected chi connectivity index (χ4v) is 1.21. The SMILES string of the molecule is CC(C)(N)Cc1cc(O)c(F)cc1F. The average Bonchev–Trinajstić information content (AvgIpc) is 1.97. The number of rotatable bonds is 2. The first kappa shape index (κ1) is 10.9. The van der Waals surface area contributed by atoms with Gasteiger partial charge in [0.2, 0.25) is 0 Å². The van der Waals surface area contributed by atoms with E-state index in [1.165, 1.54) is 0 Å². The molecule has 1 aromatic rings. The minimum absolute atomic E-state index is 0.219. The fourth-order valence-electron chi connectivity index (χ4n) is 1.21. The summed E-state index contributed by atoms with van der Waals surface area (Å²) in [4.78, 5) is 0. The van der Waals surface area contributed by atoms with Gasteiger partial charge in [-0.05, 0) is 31.9 Å². The van der Waals surface area contributed by atoms with Crippen LogP contribution in [0.3, 0.4) is 0 Å². The monoisotopic (exact) mass is 201 g/mol. The molecule has 0 aliphatic rings. The van der Waals surface area contributed by atoms with E-state index < -0.39 is 22.9 Å². The molecule has 3 N–H and O–H groups in total. The second kappa shape index (κ2) is 3.53. The van der Waals surface area contributed by atoms with Gasteiger partial charge in [-0.3, -0.25) is 0 Å². The van der Waals surface area contributed by atoms with Gasteiger partial charge in [-0.1, -0.05) is 0 Å².